The van der Waals surface area contributed by atoms with Crippen LogP contribution in [0.5, 0.6) is 0 Å². The zero-order valence-corrected chi connectivity index (χ0v) is 15.6. The number of benzene rings is 1. The Balaban J connectivity index is 2.07. The molecule has 0 fully saturated rings. The number of halogens is 2. The summed E-state index contributed by atoms with van der Waals surface area (Å²) in [5.74, 6) is -0.131. The molecule has 25 heavy (non-hydrogen) atoms. The molecule has 0 saturated carbocycles. The van der Waals surface area contributed by atoms with Crippen molar-refractivity contribution in [3.8, 4) is 0 Å². The summed E-state index contributed by atoms with van der Waals surface area (Å²) in [6.07, 6.45) is 3.34. The van der Waals surface area contributed by atoms with Gasteiger partial charge in [0.05, 0.1) is 22.5 Å². The molecule has 1 aromatic carbocycles. The standard InChI is InChI=1S/C17H12Cl2N2O3S/c1-8-12-15(22)20-11(21-16(12)25-14(8)17(23)24-2)7-6-9-4-3-5-10(18)13(9)19/h3-7H,1-2H3,(H,20,21,22)/b7-6+. The third-order valence-corrected chi connectivity index (χ3v) is 5.59. The van der Waals surface area contributed by atoms with E-state index < -0.39 is 5.97 Å². The van der Waals surface area contributed by atoms with Gasteiger partial charge >= 0.3 is 5.97 Å². The van der Waals surface area contributed by atoms with Gasteiger partial charge in [-0.3, -0.25) is 4.79 Å². The van der Waals surface area contributed by atoms with Gasteiger partial charge in [-0.05, 0) is 36.3 Å². The zero-order chi connectivity index (χ0) is 18.1. The Labute approximate surface area is 156 Å². The highest BCUT2D eigenvalue weighted by molar-refractivity contribution is 7.20. The van der Waals surface area contributed by atoms with E-state index >= 15 is 0 Å². The molecule has 3 aromatic rings. The summed E-state index contributed by atoms with van der Waals surface area (Å²) in [7, 11) is 1.30. The van der Waals surface area contributed by atoms with Crippen molar-refractivity contribution >= 4 is 62.9 Å². The molecule has 8 heteroatoms. The molecule has 0 aliphatic carbocycles. The Morgan fingerprint density at radius 3 is 2.80 bits per heavy atom. The molecular formula is C17H12Cl2N2O3S. The van der Waals surface area contributed by atoms with Gasteiger partial charge in [-0.1, -0.05) is 35.3 Å². The smallest absolute Gasteiger partial charge is 0.348 e. The van der Waals surface area contributed by atoms with Crippen molar-refractivity contribution in [2.24, 2.45) is 0 Å². The lowest BCUT2D eigenvalue weighted by Crippen LogP contribution is -2.09. The normalized spacial score (nSPS) is 11.4. The van der Waals surface area contributed by atoms with Crippen LogP contribution in [0.2, 0.25) is 10.0 Å². The minimum Gasteiger partial charge on any atom is -0.465 e. The lowest BCUT2D eigenvalue weighted by Gasteiger charge is -2.00. The number of aromatic amines is 1. The summed E-state index contributed by atoms with van der Waals surface area (Å²) in [6.45, 7) is 1.70. The number of rotatable bonds is 3. The first-order chi connectivity index (χ1) is 11.9. The largest absolute Gasteiger partial charge is 0.465 e. The number of aromatic nitrogens is 2. The minimum absolute atomic E-state index is 0.314. The van der Waals surface area contributed by atoms with E-state index in [1.165, 1.54) is 7.11 Å². The van der Waals surface area contributed by atoms with Crippen molar-refractivity contribution in [3.63, 3.8) is 0 Å². The van der Waals surface area contributed by atoms with E-state index in [0.717, 1.165) is 11.3 Å². The highest BCUT2D eigenvalue weighted by Crippen LogP contribution is 2.29. The molecule has 1 N–H and O–H groups in total. The van der Waals surface area contributed by atoms with Crippen molar-refractivity contribution in [2.45, 2.75) is 6.92 Å². The predicted molar refractivity (Wildman–Crippen MR) is 102 cm³/mol. The lowest BCUT2D eigenvalue weighted by molar-refractivity contribution is 0.0605. The topological polar surface area (TPSA) is 72.0 Å². The molecule has 2 heterocycles. The summed E-state index contributed by atoms with van der Waals surface area (Å²) in [6, 6.07) is 5.26. The number of nitrogens with one attached hydrogen (secondary N) is 1. The van der Waals surface area contributed by atoms with E-state index in [4.69, 9.17) is 27.9 Å². The van der Waals surface area contributed by atoms with Gasteiger partial charge < -0.3 is 9.72 Å². The number of aryl methyl sites for hydroxylation is 1. The number of ether oxygens (including phenoxy) is 1. The van der Waals surface area contributed by atoms with Crippen LogP contribution in [0.1, 0.15) is 26.6 Å². The first-order valence-corrected chi connectivity index (χ1v) is 8.73. The summed E-state index contributed by atoms with van der Waals surface area (Å²) in [4.78, 5) is 32.1. The monoisotopic (exact) mass is 394 g/mol. The molecular weight excluding hydrogens is 383 g/mol. The van der Waals surface area contributed by atoms with Gasteiger partial charge in [-0.15, -0.1) is 11.3 Å². The summed E-state index contributed by atoms with van der Waals surface area (Å²) in [5, 5.41) is 1.25. The molecule has 3 rings (SSSR count). The maximum Gasteiger partial charge on any atom is 0.348 e. The van der Waals surface area contributed by atoms with Crippen molar-refractivity contribution in [2.75, 3.05) is 7.11 Å². The number of nitrogens with zero attached hydrogens (tertiary/aromatic N) is 1. The van der Waals surface area contributed by atoms with Crippen molar-refractivity contribution in [1.29, 1.82) is 0 Å². The van der Waals surface area contributed by atoms with Crippen LogP contribution in [-0.2, 0) is 4.74 Å². The first-order valence-electron chi connectivity index (χ1n) is 7.16. The van der Waals surface area contributed by atoms with E-state index in [0.29, 0.717) is 42.1 Å². The van der Waals surface area contributed by atoms with Gasteiger partial charge in [0.15, 0.2) is 0 Å². The minimum atomic E-state index is -0.484. The van der Waals surface area contributed by atoms with Gasteiger partial charge in [0.25, 0.3) is 5.56 Å². The fraction of sp³-hybridized carbons (Fsp3) is 0.118. The SMILES string of the molecule is COC(=O)c1sc2nc(/C=C/c3cccc(Cl)c3Cl)[nH]c(=O)c2c1C. The number of esters is 1. The Hall–Kier alpha value is -2.15. The van der Waals surface area contributed by atoms with Crippen LogP contribution in [-0.4, -0.2) is 23.0 Å². The van der Waals surface area contributed by atoms with Crippen LogP contribution >= 0.6 is 34.5 Å². The predicted octanol–water partition coefficient (Wildman–Crippen LogP) is 4.56. The summed E-state index contributed by atoms with van der Waals surface area (Å²) >= 11 is 13.2. The number of hydrogen-bond acceptors (Lipinski definition) is 5. The molecule has 0 radical (unpaired) electrons. The van der Waals surface area contributed by atoms with Gasteiger partial charge in [-0.2, -0.15) is 0 Å². The number of hydrogen-bond donors (Lipinski definition) is 1. The molecule has 2 aromatic heterocycles. The van der Waals surface area contributed by atoms with Crippen molar-refractivity contribution < 1.29 is 9.53 Å². The number of carbonyl (C=O) groups is 1. The zero-order valence-electron chi connectivity index (χ0n) is 13.2. The van der Waals surface area contributed by atoms with Crippen molar-refractivity contribution in [1.82, 2.24) is 9.97 Å². The molecule has 0 unspecified atom stereocenters. The lowest BCUT2D eigenvalue weighted by atomic mass is 10.2. The third kappa shape index (κ3) is 3.33. The van der Waals surface area contributed by atoms with Gasteiger partial charge in [-0.25, -0.2) is 9.78 Å². The average molecular weight is 395 g/mol. The second-order valence-corrected chi connectivity index (χ2v) is 6.94. The molecule has 5 nitrogen and oxygen atoms in total. The van der Waals surface area contributed by atoms with Crippen LogP contribution in [0.4, 0.5) is 0 Å². The number of H-pyrrole nitrogens is 1. The molecule has 0 spiro atoms. The van der Waals surface area contributed by atoms with Gasteiger partial charge in [0.2, 0.25) is 0 Å². The summed E-state index contributed by atoms with van der Waals surface area (Å²) < 4.78 is 4.74. The van der Waals surface area contributed by atoms with Crippen LogP contribution in [0.15, 0.2) is 23.0 Å². The van der Waals surface area contributed by atoms with E-state index in [2.05, 4.69) is 9.97 Å². The number of thiophene rings is 1. The average Bonchev–Trinajstić information content (AvgIpc) is 2.92. The third-order valence-electron chi connectivity index (χ3n) is 3.59. The van der Waals surface area contributed by atoms with E-state index in [9.17, 15) is 9.59 Å². The highest BCUT2D eigenvalue weighted by Gasteiger charge is 2.19. The first kappa shape index (κ1) is 17.7. The molecule has 0 saturated heterocycles. The Kier molecular flexibility index (Phi) is 4.94. The molecule has 0 amide bonds. The van der Waals surface area contributed by atoms with E-state index in [-0.39, 0.29) is 5.56 Å². The fourth-order valence-corrected chi connectivity index (χ4v) is 3.82. The van der Waals surface area contributed by atoms with Crippen molar-refractivity contribution in [3.05, 3.63) is 60.4 Å². The Morgan fingerprint density at radius 1 is 1.32 bits per heavy atom. The van der Waals surface area contributed by atoms with Gasteiger partial charge in [0, 0.05) is 0 Å². The number of carbonyl (C=O) groups excluding carboxylic acids is 1. The van der Waals surface area contributed by atoms with Crippen LogP contribution in [0.25, 0.3) is 22.4 Å². The second kappa shape index (κ2) is 7.00. The highest BCUT2D eigenvalue weighted by atomic mass is 35.5. The maximum atomic E-state index is 12.4. The molecule has 0 aliphatic rings. The molecule has 0 atom stereocenters. The van der Waals surface area contributed by atoms with Crippen LogP contribution < -0.4 is 5.56 Å². The Morgan fingerprint density at radius 2 is 2.08 bits per heavy atom. The molecule has 128 valence electrons. The van der Waals surface area contributed by atoms with E-state index in [1.54, 1.807) is 37.3 Å². The quantitative estimate of drug-likeness (QED) is 0.660. The maximum absolute atomic E-state index is 12.4. The number of methoxy groups -OCH3 is 1. The summed E-state index contributed by atoms with van der Waals surface area (Å²) in [5.41, 5.74) is 0.953. The van der Waals surface area contributed by atoms with Crippen LogP contribution in [0.3, 0.4) is 0 Å². The Bertz CT molecular complexity index is 1070. The second-order valence-electron chi connectivity index (χ2n) is 5.16. The molecule has 0 bridgehead atoms. The number of fused-ring (bicyclic) bond motifs is 1. The van der Waals surface area contributed by atoms with Gasteiger partial charge in [0.1, 0.15) is 15.5 Å². The van der Waals surface area contributed by atoms with Crippen LogP contribution in [0, 0.1) is 6.92 Å². The van der Waals surface area contributed by atoms with E-state index in [1.807, 2.05) is 0 Å². The molecule has 0 aliphatic heterocycles. The fourth-order valence-electron chi connectivity index (χ4n) is 2.34.